The first-order chi connectivity index (χ1) is 7.27. The van der Waals surface area contributed by atoms with Crippen LogP contribution in [0.1, 0.15) is 24.5 Å². The molecule has 0 unspecified atom stereocenters. The molecule has 0 radical (unpaired) electrons. The number of nitrogens with zero attached hydrogens (tertiary/aromatic N) is 1. The van der Waals surface area contributed by atoms with E-state index in [1.165, 1.54) is 11.1 Å². The highest BCUT2D eigenvalue weighted by Crippen LogP contribution is 2.10. The summed E-state index contributed by atoms with van der Waals surface area (Å²) in [4.78, 5) is 2.44. The molecule has 0 bridgehead atoms. The molecule has 0 saturated carbocycles. The molecule has 0 saturated heterocycles. The van der Waals surface area contributed by atoms with Gasteiger partial charge < -0.3 is 0 Å². The number of rotatable bonds is 6. The van der Waals surface area contributed by atoms with Crippen molar-refractivity contribution < 1.29 is 0 Å². The minimum Gasteiger partial charge on any atom is -0.299 e. The fourth-order valence-electron chi connectivity index (χ4n) is 1.66. The van der Waals surface area contributed by atoms with E-state index in [9.17, 15) is 0 Å². The van der Waals surface area contributed by atoms with E-state index in [4.69, 9.17) is 11.6 Å². The molecule has 0 aliphatic carbocycles. The summed E-state index contributed by atoms with van der Waals surface area (Å²) in [5, 5.41) is 0. The Kier molecular flexibility index (Phi) is 5.74. The van der Waals surface area contributed by atoms with Gasteiger partial charge in [-0.1, -0.05) is 31.2 Å². The van der Waals surface area contributed by atoms with E-state index in [-0.39, 0.29) is 0 Å². The van der Waals surface area contributed by atoms with Crippen molar-refractivity contribution in [2.75, 3.05) is 19.0 Å². The van der Waals surface area contributed by atoms with Gasteiger partial charge in [-0.3, -0.25) is 4.90 Å². The highest BCUT2D eigenvalue weighted by Gasteiger charge is 2.04. The SMILES string of the molecule is CCN(CCCCl)Cc1ccccc1C. The minimum absolute atomic E-state index is 0.754. The van der Waals surface area contributed by atoms with Crippen molar-refractivity contribution in [3.63, 3.8) is 0 Å². The first kappa shape index (κ1) is 12.5. The van der Waals surface area contributed by atoms with Gasteiger partial charge in [0.05, 0.1) is 0 Å². The zero-order chi connectivity index (χ0) is 11.1. The Labute approximate surface area is 98.0 Å². The molecule has 0 atom stereocenters. The fraction of sp³-hybridized carbons (Fsp3) is 0.538. The molecule has 2 heteroatoms. The molecular formula is C13H20ClN. The third-order valence-electron chi connectivity index (χ3n) is 2.71. The molecule has 0 amide bonds. The maximum atomic E-state index is 5.71. The highest BCUT2D eigenvalue weighted by atomic mass is 35.5. The summed E-state index contributed by atoms with van der Waals surface area (Å²) >= 11 is 5.71. The van der Waals surface area contributed by atoms with Crippen molar-refractivity contribution in [1.29, 1.82) is 0 Å². The van der Waals surface area contributed by atoms with E-state index in [2.05, 4.69) is 43.0 Å². The predicted molar refractivity (Wildman–Crippen MR) is 67.5 cm³/mol. The Morgan fingerprint density at radius 3 is 2.60 bits per heavy atom. The second kappa shape index (κ2) is 6.86. The van der Waals surface area contributed by atoms with Crippen molar-refractivity contribution in [3.8, 4) is 0 Å². The van der Waals surface area contributed by atoms with Gasteiger partial charge in [0.15, 0.2) is 0 Å². The largest absolute Gasteiger partial charge is 0.299 e. The summed E-state index contributed by atoms with van der Waals surface area (Å²) in [6.07, 6.45) is 1.07. The number of alkyl halides is 1. The molecule has 1 rings (SSSR count). The Balaban J connectivity index is 2.54. The lowest BCUT2D eigenvalue weighted by atomic mass is 10.1. The van der Waals surface area contributed by atoms with Crippen LogP contribution in [-0.2, 0) is 6.54 Å². The second-order valence-corrected chi connectivity index (χ2v) is 4.22. The summed E-state index contributed by atoms with van der Waals surface area (Å²) in [6, 6.07) is 8.58. The van der Waals surface area contributed by atoms with Gasteiger partial charge in [-0.05, 0) is 37.6 Å². The van der Waals surface area contributed by atoms with Crippen molar-refractivity contribution >= 4 is 11.6 Å². The van der Waals surface area contributed by atoms with E-state index in [1.54, 1.807) is 0 Å². The number of hydrogen-bond acceptors (Lipinski definition) is 1. The first-order valence-corrected chi connectivity index (χ1v) is 6.14. The van der Waals surface area contributed by atoms with Crippen molar-refractivity contribution in [2.24, 2.45) is 0 Å². The van der Waals surface area contributed by atoms with Crippen LogP contribution in [0.2, 0.25) is 0 Å². The van der Waals surface area contributed by atoms with Crippen LogP contribution in [0.5, 0.6) is 0 Å². The van der Waals surface area contributed by atoms with Crippen LogP contribution >= 0.6 is 11.6 Å². The van der Waals surface area contributed by atoms with Gasteiger partial charge in [-0.2, -0.15) is 0 Å². The molecule has 1 aromatic carbocycles. The lowest BCUT2D eigenvalue weighted by molar-refractivity contribution is 0.281. The van der Waals surface area contributed by atoms with Gasteiger partial charge in [0.1, 0.15) is 0 Å². The Bertz CT molecular complexity index is 286. The summed E-state index contributed by atoms with van der Waals surface area (Å²) in [6.45, 7) is 7.59. The Morgan fingerprint density at radius 2 is 2.00 bits per heavy atom. The Morgan fingerprint density at radius 1 is 1.27 bits per heavy atom. The van der Waals surface area contributed by atoms with Gasteiger partial charge in [0.2, 0.25) is 0 Å². The zero-order valence-electron chi connectivity index (χ0n) is 9.67. The molecule has 0 spiro atoms. The lowest BCUT2D eigenvalue weighted by Gasteiger charge is -2.20. The predicted octanol–water partition coefficient (Wildman–Crippen LogP) is 3.45. The lowest BCUT2D eigenvalue weighted by Crippen LogP contribution is -2.24. The van der Waals surface area contributed by atoms with E-state index in [0.717, 1.165) is 31.9 Å². The van der Waals surface area contributed by atoms with Gasteiger partial charge in [-0.25, -0.2) is 0 Å². The van der Waals surface area contributed by atoms with Crippen LogP contribution in [-0.4, -0.2) is 23.9 Å². The molecule has 0 aliphatic heterocycles. The molecule has 1 nitrogen and oxygen atoms in total. The summed E-state index contributed by atoms with van der Waals surface area (Å²) < 4.78 is 0. The van der Waals surface area contributed by atoms with Crippen LogP contribution in [0.15, 0.2) is 24.3 Å². The molecule has 0 N–H and O–H groups in total. The first-order valence-electron chi connectivity index (χ1n) is 5.60. The van der Waals surface area contributed by atoms with Crippen LogP contribution in [0.4, 0.5) is 0 Å². The third kappa shape index (κ3) is 4.23. The van der Waals surface area contributed by atoms with Gasteiger partial charge in [0, 0.05) is 12.4 Å². The number of benzene rings is 1. The van der Waals surface area contributed by atoms with E-state index >= 15 is 0 Å². The van der Waals surface area contributed by atoms with Crippen molar-refractivity contribution in [1.82, 2.24) is 4.90 Å². The number of halogens is 1. The van der Waals surface area contributed by atoms with Gasteiger partial charge >= 0.3 is 0 Å². The van der Waals surface area contributed by atoms with Crippen molar-refractivity contribution in [2.45, 2.75) is 26.8 Å². The molecule has 1 aromatic rings. The fourth-order valence-corrected chi connectivity index (χ4v) is 1.78. The van der Waals surface area contributed by atoms with E-state index in [0.29, 0.717) is 0 Å². The third-order valence-corrected chi connectivity index (χ3v) is 2.98. The van der Waals surface area contributed by atoms with Crippen molar-refractivity contribution in [3.05, 3.63) is 35.4 Å². The van der Waals surface area contributed by atoms with Crippen LogP contribution in [0.3, 0.4) is 0 Å². The molecule has 15 heavy (non-hydrogen) atoms. The molecule has 0 heterocycles. The number of aryl methyl sites for hydroxylation is 1. The average Bonchev–Trinajstić information content (AvgIpc) is 2.26. The van der Waals surface area contributed by atoms with Crippen LogP contribution < -0.4 is 0 Å². The van der Waals surface area contributed by atoms with Crippen LogP contribution in [0.25, 0.3) is 0 Å². The highest BCUT2D eigenvalue weighted by molar-refractivity contribution is 6.17. The zero-order valence-corrected chi connectivity index (χ0v) is 10.4. The normalized spacial score (nSPS) is 10.9. The summed E-state index contributed by atoms with van der Waals surface area (Å²) in [5.41, 5.74) is 2.80. The minimum atomic E-state index is 0.754. The Hall–Kier alpha value is -0.530. The topological polar surface area (TPSA) is 3.24 Å². The number of hydrogen-bond donors (Lipinski definition) is 0. The molecule has 0 aromatic heterocycles. The van der Waals surface area contributed by atoms with E-state index < -0.39 is 0 Å². The summed E-state index contributed by atoms with van der Waals surface area (Å²) in [7, 11) is 0. The smallest absolute Gasteiger partial charge is 0.0236 e. The maximum Gasteiger partial charge on any atom is 0.0236 e. The molecular weight excluding hydrogens is 206 g/mol. The van der Waals surface area contributed by atoms with Gasteiger partial charge in [0.25, 0.3) is 0 Å². The molecule has 0 fully saturated rings. The average molecular weight is 226 g/mol. The van der Waals surface area contributed by atoms with Crippen LogP contribution in [0, 0.1) is 6.92 Å². The quantitative estimate of drug-likeness (QED) is 0.671. The molecule has 84 valence electrons. The molecule has 0 aliphatic rings. The monoisotopic (exact) mass is 225 g/mol. The standard InChI is InChI=1S/C13H20ClN/c1-3-15(10-6-9-14)11-13-8-5-4-7-12(13)2/h4-5,7-8H,3,6,9-11H2,1-2H3. The van der Waals surface area contributed by atoms with Gasteiger partial charge in [-0.15, -0.1) is 11.6 Å². The van der Waals surface area contributed by atoms with E-state index in [1.807, 2.05) is 0 Å². The summed E-state index contributed by atoms with van der Waals surface area (Å²) in [5.74, 6) is 0.754. The second-order valence-electron chi connectivity index (χ2n) is 3.84. The maximum absolute atomic E-state index is 5.71.